The number of carbonyl (C=O) groups excluding carboxylic acids is 1. The number of benzene rings is 1. The molecule has 7 nitrogen and oxygen atoms in total. The van der Waals surface area contributed by atoms with Gasteiger partial charge in [0.1, 0.15) is 11.2 Å². The minimum atomic E-state index is -3.07. The van der Waals surface area contributed by atoms with E-state index in [4.69, 9.17) is 33.4 Å². The Hall–Kier alpha value is -2.65. The van der Waals surface area contributed by atoms with Gasteiger partial charge in [0.25, 0.3) is 11.9 Å². The van der Waals surface area contributed by atoms with Crippen LogP contribution in [0.25, 0.3) is 11.1 Å². The normalized spacial score (nSPS) is 22.5. The molecule has 2 atom stereocenters. The lowest BCUT2D eigenvalue weighted by molar-refractivity contribution is -0.142. The summed E-state index contributed by atoms with van der Waals surface area (Å²) in [4.78, 5) is 24.7. The summed E-state index contributed by atoms with van der Waals surface area (Å²) in [6, 6.07) is 3.05. The maximum atomic E-state index is 14.8. The van der Waals surface area contributed by atoms with Crippen LogP contribution in [0.4, 0.5) is 20.5 Å². The van der Waals surface area contributed by atoms with Crippen molar-refractivity contribution in [2.24, 2.45) is 5.92 Å². The number of piperidine rings is 1. The van der Waals surface area contributed by atoms with Gasteiger partial charge in [0, 0.05) is 29.6 Å². The minimum absolute atomic E-state index is 0.0755. The SMILES string of the molecule is C[C@H]1c2c(Cl)cc(Cl)cc2CCN1C(=O)C1CN(c2cncc3nc(N)oc23)CC(F)(F)C1. The largest absolute Gasteiger partial charge is 0.421 e. The van der Waals surface area contributed by atoms with Crippen molar-refractivity contribution in [1.29, 1.82) is 0 Å². The van der Waals surface area contributed by atoms with Crippen LogP contribution in [0, 0.1) is 5.92 Å². The molecule has 1 aromatic carbocycles. The Bertz CT molecular complexity index is 1250. The van der Waals surface area contributed by atoms with Gasteiger partial charge in [-0.2, -0.15) is 4.98 Å². The summed E-state index contributed by atoms with van der Waals surface area (Å²) in [6.45, 7) is 1.80. The molecule has 1 unspecified atom stereocenters. The fraction of sp³-hybridized carbons (Fsp3) is 0.409. The van der Waals surface area contributed by atoms with E-state index in [0.29, 0.717) is 34.2 Å². The summed E-state index contributed by atoms with van der Waals surface area (Å²) in [6.07, 6.45) is 2.90. The van der Waals surface area contributed by atoms with Crippen LogP contribution < -0.4 is 10.6 Å². The second kappa shape index (κ2) is 7.99. The Morgan fingerprint density at radius 1 is 1.30 bits per heavy atom. The van der Waals surface area contributed by atoms with Crippen molar-refractivity contribution >= 4 is 51.9 Å². The van der Waals surface area contributed by atoms with Crippen LogP contribution in [0.5, 0.6) is 0 Å². The van der Waals surface area contributed by atoms with Crippen LogP contribution in [0.2, 0.25) is 10.0 Å². The number of oxazole rings is 1. The molecule has 2 aliphatic rings. The number of carbonyl (C=O) groups is 1. The molecule has 2 N–H and O–H groups in total. The number of alkyl halides is 2. The summed E-state index contributed by atoms with van der Waals surface area (Å²) in [5.41, 5.74) is 8.40. The lowest BCUT2D eigenvalue weighted by Crippen LogP contribution is -2.53. The third kappa shape index (κ3) is 3.97. The first-order valence-electron chi connectivity index (χ1n) is 10.5. The van der Waals surface area contributed by atoms with Crippen molar-refractivity contribution in [2.45, 2.75) is 31.7 Å². The number of fused-ring (bicyclic) bond motifs is 2. The van der Waals surface area contributed by atoms with Crippen molar-refractivity contribution < 1.29 is 18.0 Å². The molecule has 174 valence electrons. The average Bonchev–Trinajstić information content (AvgIpc) is 3.12. The predicted octanol–water partition coefficient (Wildman–Crippen LogP) is 4.72. The molecule has 0 aliphatic carbocycles. The molecule has 1 amide bonds. The third-order valence-corrected chi connectivity index (χ3v) is 6.90. The van der Waals surface area contributed by atoms with Gasteiger partial charge >= 0.3 is 0 Å². The first-order valence-corrected chi connectivity index (χ1v) is 11.3. The molecule has 1 fully saturated rings. The van der Waals surface area contributed by atoms with Crippen molar-refractivity contribution in [1.82, 2.24) is 14.9 Å². The maximum Gasteiger partial charge on any atom is 0.293 e. The summed E-state index contributed by atoms with van der Waals surface area (Å²) < 4.78 is 35.1. The van der Waals surface area contributed by atoms with Gasteiger partial charge in [-0.05, 0) is 36.6 Å². The lowest BCUT2D eigenvalue weighted by atomic mass is 9.89. The van der Waals surface area contributed by atoms with Gasteiger partial charge in [-0.25, -0.2) is 8.78 Å². The van der Waals surface area contributed by atoms with Crippen LogP contribution in [-0.2, 0) is 11.2 Å². The van der Waals surface area contributed by atoms with Crippen molar-refractivity contribution in [2.75, 3.05) is 30.3 Å². The van der Waals surface area contributed by atoms with E-state index in [-0.39, 0.29) is 30.1 Å². The van der Waals surface area contributed by atoms with E-state index in [0.717, 1.165) is 11.1 Å². The highest BCUT2D eigenvalue weighted by Gasteiger charge is 2.46. The molecule has 5 rings (SSSR count). The van der Waals surface area contributed by atoms with E-state index < -0.39 is 24.8 Å². The van der Waals surface area contributed by atoms with Crippen LogP contribution >= 0.6 is 23.2 Å². The molecule has 33 heavy (non-hydrogen) atoms. The molecule has 3 aromatic rings. The molecule has 0 spiro atoms. The lowest BCUT2D eigenvalue weighted by Gasteiger charge is -2.42. The van der Waals surface area contributed by atoms with Gasteiger partial charge in [0.05, 0.1) is 30.9 Å². The number of nitrogens with zero attached hydrogens (tertiary/aromatic N) is 4. The van der Waals surface area contributed by atoms with E-state index in [2.05, 4.69) is 9.97 Å². The van der Waals surface area contributed by atoms with Crippen LogP contribution in [0.15, 0.2) is 28.9 Å². The standard InChI is InChI=1S/C22H21Cl2F2N5O2/c1-11-18-12(4-14(23)5-15(18)24)2-3-31(11)20(32)13-6-22(25,26)10-30(9-13)17-8-28-7-16-19(17)33-21(27)29-16/h4-5,7-8,11,13H,2-3,6,9-10H2,1H3,(H2,27,29)/t11-,13?/m0/s1. The highest BCUT2D eigenvalue weighted by atomic mass is 35.5. The smallest absolute Gasteiger partial charge is 0.293 e. The highest BCUT2D eigenvalue weighted by Crippen LogP contribution is 2.41. The number of anilines is 2. The Balaban J connectivity index is 1.44. The molecule has 2 aromatic heterocycles. The van der Waals surface area contributed by atoms with E-state index in [1.807, 2.05) is 13.0 Å². The van der Waals surface area contributed by atoms with Gasteiger partial charge in [-0.3, -0.25) is 9.78 Å². The van der Waals surface area contributed by atoms with Crippen LogP contribution in [0.1, 0.15) is 30.5 Å². The Kier molecular flexibility index (Phi) is 5.36. The van der Waals surface area contributed by atoms with Crippen LogP contribution in [-0.4, -0.2) is 46.3 Å². The second-order valence-electron chi connectivity index (χ2n) is 8.61. The number of nitrogens with two attached hydrogens (primary N) is 1. The number of aromatic nitrogens is 2. The number of amides is 1. The molecule has 1 saturated heterocycles. The van der Waals surface area contributed by atoms with E-state index in [9.17, 15) is 13.6 Å². The monoisotopic (exact) mass is 495 g/mol. The molecule has 2 aliphatic heterocycles. The van der Waals surface area contributed by atoms with E-state index in [1.165, 1.54) is 17.3 Å². The molecule has 0 radical (unpaired) electrons. The van der Waals surface area contributed by atoms with Gasteiger partial charge < -0.3 is 20.0 Å². The summed E-state index contributed by atoms with van der Waals surface area (Å²) in [5, 5.41) is 1.00. The minimum Gasteiger partial charge on any atom is -0.421 e. The first-order chi connectivity index (χ1) is 15.6. The number of halogens is 4. The highest BCUT2D eigenvalue weighted by molar-refractivity contribution is 6.35. The third-order valence-electron chi connectivity index (χ3n) is 6.36. The van der Waals surface area contributed by atoms with Gasteiger partial charge in [0.2, 0.25) is 5.91 Å². The molecular weight excluding hydrogens is 475 g/mol. The fourth-order valence-corrected chi connectivity index (χ4v) is 5.66. The first kappa shape index (κ1) is 22.2. The number of hydrogen-bond donors (Lipinski definition) is 1. The molecule has 0 saturated carbocycles. The summed E-state index contributed by atoms with van der Waals surface area (Å²) in [7, 11) is 0. The second-order valence-corrected chi connectivity index (χ2v) is 9.46. The number of hydrogen-bond acceptors (Lipinski definition) is 6. The van der Waals surface area contributed by atoms with Crippen molar-refractivity contribution in [3.8, 4) is 0 Å². The molecule has 4 heterocycles. The zero-order chi connectivity index (χ0) is 23.5. The molecule has 0 bridgehead atoms. The topological polar surface area (TPSA) is 88.5 Å². The van der Waals surface area contributed by atoms with Crippen molar-refractivity contribution in [3.63, 3.8) is 0 Å². The summed E-state index contributed by atoms with van der Waals surface area (Å²) in [5.74, 6) is -4.32. The maximum absolute atomic E-state index is 14.8. The van der Waals surface area contributed by atoms with E-state index >= 15 is 0 Å². The van der Waals surface area contributed by atoms with Gasteiger partial charge in [-0.15, -0.1) is 0 Å². The number of pyridine rings is 1. The molecular formula is C22H21Cl2F2N5O2. The Morgan fingerprint density at radius 2 is 2.09 bits per heavy atom. The van der Waals surface area contributed by atoms with Gasteiger partial charge in [-0.1, -0.05) is 23.2 Å². The predicted molar refractivity (Wildman–Crippen MR) is 122 cm³/mol. The quantitative estimate of drug-likeness (QED) is 0.553. The van der Waals surface area contributed by atoms with Gasteiger partial charge in [0.15, 0.2) is 5.58 Å². The van der Waals surface area contributed by atoms with E-state index in [1.54, 1.807) is 11.0 Å². The fourth-order valence-electron chi connectivity index (χ4n) is 4.97. The zero-order valence-electron chi connectivity index (χ0n) is 17.7. The van der Waals surface area contributed by atoms with Crippen molar-refractivity contribution in [3.05, 3.63) is 45.7 Å². The van der Waals surface area contributed by atoms with Crippen LogP contribution in [0.3, 0.4) is 0 Å². The Morgan fingerprint density at radius 3 is 2.88 bits per heavy atom. The average molecular weight is 496 g/mol. The number of nitrogen functional groups attached to an aromatic ring is 1. The molecule has 11 heteroatoms. The Labute approximate surface area is 198 Å². The summed E-state index contributed by atoms with van der Waals surface area (Å²) >= 11 is 12.5. The zero-order valence-corrected chi connectivity index (χ0v) is 19.2. The number of rotatable bonds is 2.